The fourth-order valence-corrected chi connectivity index (χ4v) is 5.14. The SMILES string of the molecule is C=CCCCCCCCCCOc1ccc(C(=O)Oc2ccc(C(=O)SCCC(F)(F)C(F)(F)C(F)(F)C(F)(F)C(F)(F)C(F)(F)F)cc2)cc1. The molecule has 0 bridgehead atoms. The number of unbranched alkanes of at least 4 members (excludes halogenated alkanes) is 7. The predicted octanol–water partition coefficient (Wildman–Crippen LogP) is 11.6. The maximum atomic E-state index is 14.0. The standard InChI is InChI=1S/C33H33F13O4S/c1-2-3-4-5-6-7-8-9-10-20-49-24-15-11-22(12-16-24)26(47)50-25-17-13-23(14-18-25)27(48)51-21-19-28(34,35)29(36,37)30(38,39)31(40,41)32(42,43)33(44,45)46/h2,11-18H,1,3-10,19-21H2. The van der Waals surface area contributed by atoms with Crippen molar-refractivity contribution in [1.29, 1.82) is 0 Å². The number of benzene rings is 2. The summed E-state index contributed by atoms with van der Waals surface area (Å²) >= 11 is -0.204. The fourth-order valence-electron chi connectivity index (χ4n) is 4.29. The van der Waals surface area contributed by atoms with Gasteiger partial charge in [0.25, 0.3) is 0 Å². The topological polar surface area (TPSA) is 52.6 Å². The number of carbonyl (C=O) groups excluding carboxylic acids is 2. The first kappa shape index (κ1) is 43.7. The summed E-state index contributed by atoms with van der Waals surface area (Å²) in [5.74, 6) is -39.2. The number of alkyl halides is 13. The molecule has 0 atom stereocenters. The predicted molar refractivity (Wildman–Crippen MR) is 163 cm³/mol. The van der Waals surface area contributed by atoms with E-state index in [9.17, 15) is 66.7 Å². The van der Waals surface area contributed by atoms with Crippen LogP contribution in [0.25, 0.3) is 0 Å². The number of rotatable bonds is 21. The van der Waals surface area contributed by atoms with E-state index >= 15 is 0 Å². The highest BCUT2D eigenvalue weighted by Gasteiger charge is 2.90. The van der Waals surface area contributed by atoms with Gasteiger partial charge in [0.15, 0.2) is 0 Å². The van der Waals surface area contributed by atoms with Crippen LogP contribution >= 0.6 is 11.8 Å². The first-order chi connectivity index (χ1) is 23.5. The Bertz CT molecular complexity index is 1430. The molecule has 0 N–H and O–H groups in total. The second-order valence-corrected chi connectivity index (χ2v) is 12.3. The molecule has 18 heteroatoms. The van der Waals surface area contributed by atoms with Crippen molar-refractivity contribution in [2.24, 2.45) is 0 Å². The third kappa shape index (κ3) is 10.8. The first-order valence-electron chi connectivity index (χ1n) is 15.3. The third-order valence-corrected chi connectivity index (χ3v) is 8.27. The minimum atomic E-state index is -7.98. The van der Waals surface area contributed by atoms with Crippen molar-refractivity contribution in [3.8, 4) is 11.5 Å². The molecular formula is C33H33F13O4S. The number of hydrogen-bond acceptors (Lipinski definition) is 5. The third-order valence-electron chi connectivity index (χ3n) is 7.36. The van der Waals surface area contributed by atoms with Crippen LogP contribution in [0.1, 0.15) is 78.5 Å². The lowest BCUT2D eigenvalue weighted by Gasteiger charge is -2.39. The van der Waals surface area contributed by atoms with E-state index in [0.717, 1.165) is 62.8 Å². The van der Waals surface area contributed by atoms with E-state index in [1.807, 2.05) is 6.08 Å². The molecule has 0 aromatic heterocycles. The maximum absolute atomic E-state index is 14.0. The van der Waals surface area contributed by atoms with E-state index in [4.69, 9.17) is 9.47 Å². The number of halogens is 13. The highest BCUT2D eigenvalue weighted by Crippen LogP contribution is 2.60. The van der Waals surface area contributed by atoms with Crippen LogP contribution in [0, 0.1) is 0 Å². The summed E-state index contributed by atoms with van der Waals surface area (Å²) in [6.45, 7) is 4.18. The summed E-state index contributed by atoms with van der Waals surface area (Å²) in [6, 6.07) is 10.1. The van der Waals surface area contributed by atoms with Gasteiger partial charge in [-0.2, -0.15) is 57.1 Å². The van der Waals surface area contributed by atoms with Crippen LogP contribution in [-0.4, -0.2) is 59.2 Å². The second-order valence-electron chi connectivity index (χ2n) is 11.2. The van der Waals surface area contributed by atoms with Gasteiger partial charge in [0.05, 0.1) is 12.2 Å². The van der Waals surface area contributed by atoms with E-state index in [0.29, 0.717) is 12.4 Å². The van der Waals surface area contributed by atoms with E-state index in [1.54, 1.807) is 12.1 Å². The molecule has 0 aliphatic rings. The van der Waals surface area contributed by atoms with E-state index < -0.39 is 59.0 Å². The van der Waals surface area contributed by atoms with Crippen LogP contribution in [0.3, 0.4) is 0 Å². The van der Waals surface area contributed by atoms with Gasteiger partial charge >= 0.3 is 41.8 Å². The summed E-state index contributed by atoms with van der Waals surface area (Å²) in [6.07, 6.45) is 0.531. The van der Waals surface area contributed by atoms with Crippen molar-refractivity contribution in [1.82, 2.24) is 0 Å². The number of hydrogen-bond donors (Lipinski definition) is 0. The van der Waals surface area contributed by atoms with Crippen molar-refractivity contribution in [3.05, 3.63) is 72.3 Å². The van der Waals surface area contributed by atoms with Crippen molar-refractivity contribution in [2.45, 2.75) is 93.6 Å². The maximum Gasteiger partial charge on any atom is 0.460 e. The molecule has 0 heterocycles. The molecule has 2 aromatic carbocycles. The molecule has 2 aromatic rings. The van der Waals surface area contributed by atoms with Crippen LogP contribution in [0.2, 0.25) is 0 Å². The number of carbonyl (C=O) groups is 2. The van der Waals surface area contributed by atoms with Crippen molar-refractivity contribution >= 4 is 22.8 Å². The summed E-state index contributed by atoms with van der Waals surface area (Å²) < 4.78 is 183. The Morgan fingerprint density at radius 3 is 1.61 bits per heavy atom. The quantitative estimate of drug-likeness (QED) is 0.0416. The van der Waals surface area contributed by atoms with Crippen molar-refractivity contribution in [2.75, 3.05) is 12.4 Å². The smallest absolute Gasteiger partial charge is 0.460 e. The number of ether oxygens (including phenoxy) is 2. The molecular weight excluding hydrogens is 739 g/mol. The van der Waals surface area contributed by atoms with Gasteiger partial charge in [0, 0.05) is 17.7 Å². The molecule has 2 rings (SSSR count). The molecule has 0 radical (unpaired) electrons. The lowest BCUT2D eigenvalue weighted by Crippen LogP contribution is -2.70. The minimum absolute atomic E-state index is 0.104. The van der Waals surface area contributed by atoms with Crippen LogP contribution in [-0.2, 0) is 0 Å². The van der Waals surface area contributed by atoms with Gasteiger partial charge < -0.3 is 9.47 Å². The molecule has 51 heavy (non-hydrogen) atoms. The molecule has 0 fully saturated rings. The Labute approximate surface area is 288 Å². The number of allylic oxidation sites excluding steroid dienone is 1. The zero-order valence-electron chi connectivity index (χ0n) is 26.6. The average molecular weight is 773 g/mol. The average Bonchev–Trinajstić information content (AvgIpc) is 3.05. The molecule has 0 aliphatic heterocycles. The van der Waals surface area contributed by atoms with Gasteiger partial charge in [0.1, 0.15) is 11.5 Å². The molecule has 286 valence electrons. The number of thioether (sulfide) groups is 1. The molecule has 0 amide bonds. The molecule has 0 saturated heterocycles. The molecule has 0 aliphatic carbocycles. The highest BCUT2D eigenvalue weighted by atomic mass is 32.2. The van der Waals surface area contributed by atoms with Gasteiger partial charge in [-0.15, -0.1) is 6.58 Å². The van der Waals surface area contributed by atoms with Gasteiger partial charge in [-0.1, -0.05) is 49.9 Å². The first-order valence-corrected chi connectivity index (χ1v) is 16.3. The van der Waals surface area contributed by atoms with E-state index in [2.05, 4.69) is 6.58 Å². The molecule has 0 unspecified atom stereocenters. The van der Waals surface area contributed by atoms with E-state index in [-0.39, 0.29) is 28.6 Å². The van der Waals surface area contributed by atoms with Gasteiger partial charge in [-0.25, -0.2) is 4.79 Å². The highest BCUT2D eigenvalue weighted by molar-refractivity contribution is 8.14. The fraction of sp³-hybridized carbons (Fsp3) is 0.515. The van der Waals surface area contributed by atoms with Crippen LogP contribution in [0.15, 0.2) is 61.2 Å². The van der Waals surface area contributed by atoms with Crippen molar-refractivity contribution < 1.29 is 76.1 Å². The summed E-state index contributed by atoms with van der Waals surface area (Å²) in [5.41, 5.74) is -0.195. The van der Waals surface area contributed by atoms with Crippen LogP contribution in [0.5, 0.6) is 11.5 Å². The Kier molecular flexibility index (Phi) is 15.3. The second kappa shape index (κ2) is 17.9. The van der Waals surface area contributed by atoms with Crippen LogP contribution in [0.4, 0.5) is 57.1 Å². The molecule has 0 saturated carbocycles. The minimum Gasteiger partial charge on any atom is -0.494 e. The normalized spacial score (nSPS) is 13.2. The molecule has 0 spiro atoms. The number of esters is 1. The van der Waals surface area contributed by atoms with Gasteiger partial charge in [-0.05, 0) is 67.8 Å². The Balaban J connectivity index is 1.86. The Hall–Kier alpha value is -3.44. The Morgan fingerprint density at radius 2 is 1.08 bits per heavy atom. The summed E-state index contributed by atoms with van der Waals surface area (Å²) in [7, 11) is 0. The zero-order chi connectivity index (χ0) is 38.7. The van der Waals surface area contributed by atoms with E-state index in [1.165, 1.54) is 25.0 Å². The van der Waals surface area contributed by atoms with Crippen molar-refractivity contribution in [3.63, 3.8) is 0 Å². The largest absolute Gasteiger partial charge is 0.494 e. The van der Waals surface area contributed by atoms with Gasteiger partial charge in [0.2, 0.25) is 5.12 Å². The molecule has 4 nitrogen and oxygen atoms in total. The summed E-state index contributed by atoms with van der Waals surface area (Å²) in [5, 5.41) is -1.15. The Morgan fingerprint density at radius 1 is 0.608 bits per heavy atom. The van der Waals surface area contributed by atoms with Crippen LogP contribution < -0.4 is 9.47 Å². The monoisotopic (exact) mass is 772 g/mol. The lowest BCUT2D eigenvalue weighted by atomic mass is 9.93. The zero-order valence-corrected chi connectivity index (χ0v) is 27.5. The summed E-state index contributed by atoms with van der Waals surface area (Å²) in [4.78, 5) is 24.7. The lowest BCUT2D eigenvalue weighted by molar-refractivity contribution is -0.439. The van der Waals surface area contributed by atoms with Gasteiger partial charge in [-0.3, -0.25) is 4.79 Å².